The van der Waals surface area contributed by atoms with Gasteiger partial charge in [0.05, 0.1) is 32.7 Å². The third-order valence-electron chi connectivity index (χ3n) is 3.35. The maximum Gasteiger partial charge on any atom is 0.124 e. The molecule has 0 aliphatic carbocycles. The summed E-state index contributed by atoms with van der Waals surface area (Å²) in [7, 11) is 1.59. The van der Waals surface area contributed by atoms with Crippen molar-refractivity contribution in [3.8, 4) is 5.75 Å². The Morgan fingerprint density at radius 3 is 2.95 bits per heavy atom. The Hall–Kier alpha value is -2.67. The van der Waals surface area contributed by atoms with E-state index in [0.717, 1.165) is 11.3 Å². The standard InChI is InChI=1S/C15H17N5O2/c1-22-15-5-3-2-4-13(15)14(21)10-20-9-12(17-18-20)8-19-7-6-16-11-19/h2-7,9,11,14,21H,8,10H2,1H3/t14-/m0/s1. The number of imidazole rings is 1. The Kier molecular flexibility index (Phi) is 4.15. The van der Waals surface area contributed by atoms with Crippen molar-refractivity contribution in [2.75, 3.05) is 7.11 Å². The summed E-state index contributed by atoms with van der Waals surface area (Å²) in [5.74, 6) is 0.661. The van der Waals surface area contributed by atoms with Gasteiger partial charge in [0, 0.05) is 18.0 Å². The minimum absolute atomic E-state index is 0.317. The number of rotatable bonds is 6. The molecule has 1 aromatic carbocycles. The average molecular weight is 299 g/mol. The van der Waals surface area contributed by atoms with Crippen molar-refractivity contribution in [3.63, 3.8) is 0 Å². The van der Waals surface area contributed by atoms with Gasteiger partial charge in [0.2, 0.25) is 0 Å². The van der Waals surface area contributed by atoms with Crippen molar-refractivity contribution >= 4 is 0 Å². The van der Waals surface area contributed by atoms with Gasteiger partial charge in [-0.1, -0.05) is 23.4 Å². The first kappa shape index (κ1) is 14.3. The van der Waals surface area contributed by atoms with Crippen LogP contribution in [0.1, 0.15) is 17.4 Å². The molecule has 0 aliphatic heterocycles. The van der Waals surface area contributed by atoms with Gasteiger partial charge in [0.1, 0.15) is 17.5 Å². The zero-order valence-electron chi connectivity index (χ0n) is 12.2. The molecule has 2 heterocycles. The van der Waals surface area contributed by atoms with Crippen molar-refractivity contribution in [2.24, 2.45) is 0 Å². The highest BCUT2D eigenvalue weighted by molar-refractivity contribution is 5.34. The molecule has 0 unspecified atom stereocenters. The van der Waals surface area contributed by atoms with Crippen LogP contribution in [0, 0.1) is 0 Å². The monoisotopic (exact) mass is 299 g/mol. The first-order valence-corrected chi connectivity index (χ1v) is 6.92. The van der Waals surface area contributed by atoms with E-state index >= 15 is 0 Å². The van der Waals surface area contributed by atoms with Crippen LogP contribution in [0.2, 0.25) is 0 Å². The molecule has 7 nitrogen and oxygen atoms in total. The van der Waals surface area contributed by atoms with Crippen LogP contribution in [-0.4, -0.2) is 36.8 Å². The molecule has 3 aromatic rings. The predicted molar refractivity (Wildman–Crippen MR) is 79.3 cm³/mol. The first-order valence-electron chi connectivity index (χ1n) is 6.92. The van der Waals surface area contributed by atoms with Crippen LogP contribution < -0.4 is 4.74 Å². The van der Waals surface area contributed by atoms with Crippen molar-refractivity contribution in [1.29, 1.82) is 0 Å². The van der Waals surface area contributed by atoms with E-state index in [1.54, 1.807) is 24.3 Å². The summed E-state index contributed by atoms with van der Waals surface area (Å²) in [5.41, 5.74) is 1.54. The molecule has 0 spiro atoms. The molecule has 22 heavy (non-hydrogen) atoms. The molecule has 2 aromatic heterocycles. The van der Waals surface area contributed by atoms with Gasteiger partial charge in [-0.15, -0.1) is 5.10 Å². The molecule has 0 saturated heterocycles. The van der Waals surface area contributed by atoms with Crippen LogP contribution in [0.4, 0.5) is 0 Å². The van der Waals surface area contributed by atoms with E-state index < -0.39 is 6.10 Å². The maximum atomic E-state index is 10.4. The fraction of sp³-hybridized carbons (Fsp3) is 0.267. The number of hydrogen-bond acceptors (Lipinski definition) is 5. The number of hydrogen-bond donors (Lipinski definition) is 1. The molecule has 1 N–H and O–H groups in total. The summed E-state index contributed by atoms with van der Waals surface area (Å²) >= 11 is 0. The Morgan fingerprint density at radius 1 is 1.32 bits per heavy atom. The fourth-order valence-electron chi connectivity index (χ4n) is 2.28. The van der Waals surface area contributed by atoms with E-state index in [1.165, 1.54) is 0 Å². The summed E-state index contributed by atoms with van der Waals surface area (Å²) < 4.78 is 8.80. The normalized spacial score (nSPS) is 12.3. The van der Waals surface area contributed by atoms with Crippen LogP contribution in [0.15, 0.2) is 49.2 Å². The van der Waals surface area contributed by atoms with Crippen LogP contribution in [0.3, 0.4) is 0 Å². The molecule has 3 rings (SSSR count). The molecule has 0 bridgehead atoms. The van der Waals surface area contributed by atoms with Crippen molar-refractivity contribution in [3.05, 3.63) is 60.4 Å². The minimum Gasteiger partial charge on any atom is -0.496 e. The number of para-hydroxylation sites is 1. The van der Waals surface area contributed by atoms with Crippen LogP contribution in [0.25, 0.3) is 0 Å². The van der Waals surface area contributed by atoms with Gasteiger partial charge < -0.3 is 14.4 Å². The van der Waals surface area contributed by atoms with Gasteiger partial charge in [0.15, 0.2) is 0 Å². The number of aliphatic hydroxyl groups excluding tert-OH is 1. The molecule has 114 valence electrons. The Balaban J connectivity index is 1.69. The van der Waals surface area contributed by atoms with E-state index in [9.17, 15) is 5.11 Å². The van der Waals surface area contributed by atoms with E-state index in [4.69, 9.17) is 4.74 Å². The molecule has 7 heteroatoms. The smallest absolute Gasteiger partial charge is 0.124 e. The molecular formula is C15H17N5O2. The third kappa shape index (κ3) is 3.15. The second-order valence-electron chi connectivity index (χ2n) is 4.92. The Labute approximate surface area is 127 Å². The van der Waals surface area contributed by atoms with Crippen molar-refractivity contribution in [2.45, 2.75) is 19.2 Å². The SMILES string of the molecule is COc1ccccc1[C@@H](O)Cn1cc(Cn2ccnc2)nn1. The van der Waals surface area contributed by atoms with Gasteiger partial charge >= 0.3 is 0 Å². The second-order valence-corrected chi connectivity index (χ2v) is 4.92. The summed E-state index contributed by atoms with van der Waals surface area (Å²) in [6, 6.07) is 7.40. The first-order chi connectivity index (χ1) is 10.8. The lowest BCUT2D eigenvalue weighted by atomic mass is 10.1. The lowest BCUT2D eigenvalue weighted by Crippen LogP contribution is -2.10. The predicted octanol–water partition coefficient (Wildman–Crippen LogP) is 1.27. The maximum absolute atomic E-state index is 10.4. The number of aliphatic hydroxyl groups is 1. The second kappa shape index (κ2) is 6.40. The van der Waals surface area contributed by atoms with Crippen LogP contribution >= 0.6 is 0 Å². The quantitative estimate of drug-likeness (QED) is 0.741. The molecule has 0 saturated carbocycles. The lowest BCUT2D eigenvalue weighted by molar-refractivity contribution is 0.147. The Bertz CT molecular complexity index is 723. The number of aromatic nitrogens is 5. The van der Waals surface area contributed by atoms with E-state index in [2.05, 4.69) is 15.3 Å². The van der Waals surface area contributed by atoms with Gasteiger partial charge in [-0.05, 0) is 6.07 Å². The molecular weight excluding hydrogens is 282 g/mol. The molecule has 0 radical (unpaired) electrons. The molecule has 0 aliphatic rings. The van der Waals surface area contributed by atoms with Crippen LogP contribution in [-0.2, 0) is 13.1 Å². The lowest BCUT2D eigenvalue weighted by Gasteiger charge is -2.14. The highest BCUT2D eigenvalue weighted by Gasteiger charge is 2.14. The summed E-state index contributed by atoms with van der Waals surface area (Å²) in [6.45, 7) is 0.919. The number of methoxy groups -OCH3 is 1. The highest BCUT2D eigenvalue weighted by atomic mass is 16.5. The topological polar surface area (TPSA) is 78.0 Å². The van der Waals surface area contributed by atoms with Gasteiger partial charge in [-0.3, -0.25) is 0 Å². The van der Waals surface area contributed by atoms with Gasteiger partial charge in [-0.2, -0.15) is 0 Å². The van der Waals surface area contributed by atoms with Gasteiger partial charge in [0.25, 0.3) is 0 Å². The molecule has 1 atom stereocenters. The van der Waals surface area contributed by atoms with Crippen LogP contribution in [0.5, 0.6) is 5.75 Å². The van der Waals surface area contributed by atoms with Crippen molar-refractivity contribution in [1.82, 2.24) is 24.5 Å². The number of nitrogens with zero attached hydrogens (tertiary/aromatic N) is 5. The zero-order valence-corrected chi connectivity index (χ0v) is 12.2. The Morgan fingerprint density at radius 2 is 2.18 bits per heavy atom. The van der Waals surface area contributed by atoms with E-state index in [1.807, 2.05) is 41.2 Å². The molecule has 0 fully saturated rings. The summed E-state index contributed by atoms with van der Waals surface area (Å²) in [4.78, 5) is 3.99. The molecule has 0 amide bonds. The number of benzene rings is 1. The summed E-state index contributed by atoms with van der Waals surface area (Å²) in [5, 5.41) is 18.5. The third-order valence-corrected chi connectivity index (χ3v) is 3.35. The van der Waals surface area contributed by atoms with Gasteiger partial charge in [-0.25, -0.2) is 9.67 Å². The minimum atomic E-state index is -0.709. The van der Waals surface area contributed by atoms with Crippen molar-refractivity contribution < 1.29 is 9.84 Å². The largest absolute Gasteiger partial charge is 0.496 e. The highest BCUT2D eigenvalue weighted by Crippen LogP contribution is 2.25. The average Bonchev–Trinajstić information content (AvgIpc) is 3.20. The number of ether oxygens (including phenoxy) is 1. The summed E-state index contributed by atoms with van der Waals surface area (Å²) in [6.07, 6.45) is 6.42. The fourth-order valence-corrected chi connectivity index (χ4v) is 2.28. The van der Waals surface area contributed by atoms with E-state index in [0.29, 0.717) is 18.8 Å². The van der Waals surface area contributed by atoms with E-state index in [-0.39, 0.29) is 0 Å². The zero-order chi connectivity index (χ0) is 15.4.